The minimum Gasteiger partial charge on any atom is -0.381 e. The monoisotopic (exact) mass is 282 g/mol. The summed E-state index contributed by atoms with van der Waals surface area (Å²) in [6, 6.07) is 4.45. The first-order valence-electron chi connectivity index (χ1n) is 6.56. The van der Waals surface area contributed by atoms with E-state index in [1.54, 1.807) is 13.2 Å². The average molecular weight is 282 g/mol. The number of benzene rings is 1. The van der Waals surface area contributed by atoms with Crippen LogP contribution >= 0.6 is 0 Å². The van der Waals surface area contributed by atoms with Gasteiger partial charge in [-0.2, -0.15) is 4.39 Å². The molecule has 0 aliphatic heterocycles. The van der Waals surface area contributed by atoms with Crippen molar-refractivity contribution in [2.75, 3.05) is 7.11 Å². The number of methoxy groups -OCH3 is 1. The molecule has 1 aliphatic carbocycles. The average Bonchev–Trinajstić information content (AvgIpc) is 2.39. The highest BCUT2D eigenvalue weighted by Crippen LogP contribution is 2.42. The van der Waals surface area contributed by atoms with Gasteiger partial charge in [0.2, 0.25) is 5.82 Å². The number of nitrogens with one attached hydrogen (secondary N) is 1. The molecule has 2 atom stereocenters. The van der Waals surface area contributed by atoms with E-state index in [-0.39, 0.29) is 24.1 Å². The van der Waals surface area contributed by atoms with Crippen molar-refractivity contribution >= 4 is 5.69 Å². The van der Waals surface area contributed by atoms with E-state index in [1.165, 1.54) is 12.1 Å². The summed E-state index contributed by atoms with van der Waals surface area (Å²) in [5, 5.41) is 13.9. The first kappa shape index (κ1) is 14.9. The van der Waals surface area contributed by atoms with E-state index >= 15 is 0 Å². The lowest BCUT2D eigenvalue weighted by Gasteiger charge is -2.51. The van der Waals surface area contributed by atoms with Crippen LogP contribution in [0, 0.1) is 21.3 Å². The van der Waals surface area contributed by atoms with Crippen LogP contribution < -0.4 is 5.32 Å². The van der Waals surface area contributed by atoms with Crippen LogP contribution in [0.15, 0.2) is 18.2 Å². The Bertz CT molecular complexity index is 519. The van der Waals surface area contributed by atoms with Gasteiger partial charge in [-0.05, 0) is 6.42 Å². The lowest BCUT2D eigenvalue weighted by atomic mass is 9.64. The molecular formula is C14H19FN2O3. The molecule has 20 heavy (non-hydrogen) atoms. The van der Waals surface area contributed by atoms with Crippen LogP contribution in [-0.2, 0) is 11.3 Å². The highest BCUT2D eigenvalue weighted by molar-refractivity contribution is 5.36. The second kappa shape index (κ2) is 5.46. The number of hydrogen-bond acceptors (Lipinski definition) is 4. The normalized spacial score (nSPS) is 24.2. The van der Waals surface area contributed by atoms with Crippen molar-refractivity contribution in [2.24, 2.45) is 5.41 Å². The maximum atomic E-state index is 13.9. The Kier molecular flexibility index (Phi) is 4.06. The van der Waals surface area contributed by atoms with E-state index in [0.29, 0.717) is 5.56 Å². The Labute approximate surface area is 117 Å². The molecule has 2 unspecified atom stereocenters. The first-order chi connectivity index (χ1) is 9.37. The van der Waals surface area contributed by atoms with E-state index in [1.807, 2.05) is 0 Å². The van der Waals surface area contributed by atoms with Crippen molar-refractivity contribution in [3.63, 3.8) is 0 Å². The molecular weight excluding hydrogens is 263 g/mol. The Morgan fingerprint density at radius 1 is 1.55 bits per heavy atom. The van der Waals surface area contributed by atoms with Crippen molar-refractivity contribution in [3.05, 3.63) is 39.7 Å². The summed E-state index contributed by atoms with van der Waals surface area (Å²) in [6.07, 6.45) is 1.05. The van der Waals surface area contributed by atoms with E-state index < -0.39 is 16.4 Å². The zero-order chi connectivity index (χ0) is 14.9. The summed E-state index contributed by atoms with van der Waals surface area (Å²) in [5.41, 5.74) is -0.186. The van der Waals surface area contributed by atoms with Crippen LogP contribution in [0.5, 0.6) is 0 Å². The Morgan fingerprint density at radius 3 is 2.80 bits per heavy atom. The van der Waals surface area contributed by atoms with Gasteiger partial charge in [0.05, 0.1) is 11.0 Å². The summed E-state index contributed by atoms with van der Waals surface area (Å²) in [7, 11) is 1.68. The fourth-order valence-corrected chi connectivity index (χ4v) is 2.71. The van der Waals surface area contributed by atoms with Gasteiger partial charge in [-0.1, -0.05) is 26.0 Å². The molecule has 0 radical (unpaired) electrons. The molecule has 2 rings (SSSR count). The zero-order valence-corrected chi connectivity index (χ0v) is 11.9. The summed E-state index contributed by atoms with van der Waals surface area (Å²) >= 11 is 0. The maximum Gasteiger partial charge on any atom is 0.305 e. The van der Waals surface area contributed by atoms with Crippen LogP contribution in [0.3, 0.4) is 0 Å². The number of hydrogen-bond donors (Lipinski definition) is 1. The molecule has 1 aliphatic rings. The fraction of sp³-hybridized carbons (Fsp3) is 0.571. The third-order valence-electron chi connectivity index (χ3n) is 4.26. The number of nitro groups is 1. The first-order valence-corrected chi connectivity index (χ1v) is 6.56. The third-order valence-corrected chi connectivity index (χ3v) is 4.26. The van der Waals surface area contributed by atoms with E-state index in [0.717, 1.165) is 6.42 Å². The van der Waals surface area contributed by atoms with Gasteiger partial charge in [0, 0.05) is 36.7 Å². The van der Waals surface area contributed by atoms with Gasteiger partial charge in [0.1, 0.15) is 0 Å². The van der Waals surface area contributed by atoms with Gasteiger partial charge in [0.25, 0.3) is 0 Å². The van der Waals surface area contributed by atoms with Gasteiger partial charge in [-0.25, -0.2) is 0 Å². The molecule has 5 nitrogen and oxygen atoms in total. The van der Waals surface area contributed by atoms with Crippen LogP contribution in [-0.4, -0.2) is 24.2 Å². The highest BCUT2D eigenvalue weighted by Gasteiger charge is 2.48. The molecule has 110 valence electrons. The van der Waals surface area contributed by atoms with Crippen LogP contribution in [0.25, 0.3) is 0 Å². The summed E-state index contributed by atoms with van der Waals surface area (Å²) in [4.78, 5) is 9.99. The topological polar surface area (TPSA) is 64.4 Å². The SMILES string of the molecule is COC1CC(NCc2cccc([N+](=O)[O-])c2F)C1(C)C. The van der Waals surface area contributed by atoms with Crippen molar-refractivity contribution in [1.82, 2.24) is 5.32 Å². The van der Waals surface area contributed by atoms with E-state index in [9.17, 15) is 14.5 Å². The molecule has 1 saturated carbocycles. The molecule has 1 fully saturated rings. The van der Waals surface area contributed by atoms with E-state index in [2.05, 4.69) is 19.2 Å². The maximum absolute atomic E-state index is 13.9. The molecule has 0 spiro atoms. The second-order valence-electron chi connectivity index (χ2n) is 5.72. The van der Waals surface area contributed by atoms with Gasteiger partial charge in [-0.3, -0.25) is 10.1 Å². The van der Waals surface area contributed by atoms with Crippen molar-refractivity contribution in [1.29, 1.82) is 0 Å². The fourth-order valence-electron chi connectivity index (χ4n) is 2.71. The third kappa shape index (κ3) is 2.53. The number of nitro benzene ring substituents is 1. The van der Waals surface area contributed by atoms with Crippen LogP contribution in [0.4, 0.5) is 10.1 Å². The van der Waals surface area contributed by atoms with Gasteiger partial charge < -0.3 is 10.1 Å². The predicted molar refractivity (Wildman–Crippen MR) is 72.9 cm³/mol. The van der Waals surface area contributed by atoms with Crippen molar-refractivity contribution < 1.29 is 14.1 Å². The molecule has 0 saturated heterocycles. The van der Waals surface area contributed by atoms with Crippen LogP contribution in [0.2, 0.25) is 0 Å². The summed E-state index contributed by atoms with van der Waals surface area (Å²) < 4.78 is 19.3. The minimum atomic E-state index is -0.759. The summed E-state index contributed by atoms with van der Waals surface area (Å²) in [5.74, 6) is -0.759. The zero-order valence-electron chi connectivity index (χ0n) is 11.9. The number of halogens is 1. The molecule has 0 aromatic heterocycles. The smallest absolute Gasteiger partial charge is 0.305 e. The Morgan fingerprint density at radius 2 is 2.25 bits per heavy atom. The Hall–Kier alpha value is -1.53. The predicted octanol–water partition coefficient (Wildman–Crippen LogP) is 2.64. The minimum absolute atomic E-state index is 0.0219. The molecule has 6 heteroatoms. The highest BCUT2D eigenvalue weighted by atomic mass is 19.1. The van der Waals surface area contributed by atoms with Crippen LogP contribution in [0.1, 0.15) is 25.8 Å². The largest absolute Gasteiger partial charge is 0.381 e. The number of ether oxygens (including phenoxy) is 1. The van der Waals surface area contributed by atoms with Gasteiger partial charge in [0.15, 0.2) is 0 Å². The second-order valence-corrected chi connectivity index (χ2v) is 5.72. The van der Waals surface area contributed by atoms with Gasteiger partial charge in [-0.15, -0.1) is 0 Å². The molecule has 0 heterocycles. The van der Waals surface area contributed by atoms with E-state index in [4.69, 9.17) is 4.74 Å². The molecule has 1 N–H and O–H groups in total. The quantitative estimate of drug-likeness (QED) is 0.666. The molecule has 1 aromatic rings. The van der Waals surface area contributed by atoms with Crippen molar-refractivity contribution in [3.8, 4) is 0 Å². The molecule has 0 bridgehead atoms. The summed E-state index contributed by atoms with van der Waals surface area (Å²) in [6.45, 7) is 4.45. The number of rotatable bonds is 5. The molecule has 1 aromatic carbocycles. The van der Waals surface area contributed by atoms with Crippen molar-refractivity contribution in [2.45, 2.75) is 39.0 Å². The lowest BCUT2D eigenvalue weighted by Crippen LogP contribution is -2.60. The number of nitrogens with zero attached hydrogens (tertiary/aromatic N) is 1. The molecule has 0 amide bonds. The lowest BCUT2D eigenvalue weighted by molar-refractivity contribution is -0.387. The van der Waals surface area contributed by atoms with Gasteiger partial charge >= 0.3 is 5.69 Å². The standard InChI is InChI=1S/C14H19FN2O3/c1-14(2)11(7-12(14)20-3)16-8-9-5-4-6-10(13(9)15)17(18)19/h4-6,11-12,16H,7-8H2,1-3H3. The Balaban J connectivity index is 2.03.